The molecule has 0 atom stereocenters. The average molecular weight is 566 g/mol. The number of piperazine rings is 1. The number of halogens is 1. The molecule has 0 spiro atoms. The van der Waals surface area contributed by atoms with Crippen LogP contribution in [0.4, 0.5) is 5.69 Å². The Morgan fingerprint density at radius 1 is 0.909 bits per heavy atom. The van der Waals surface area contributed by atoms with Gasteiger partial charge in [-0.1, -0.05) is 24.3 Å². The number of ether oxygens (including phenoxy) is 2. The topological polar surface area (TPSA) is 61.4 Å². The van der Waals surface area contributed by atoms with Gasteiger partial charge in [0.15, 0.2) is 17.5 Å². The van der Waals surface area contributed by atoms with Crippen molar-refractivity contribution in [3.05, 3.63) is 54.1 Å². The summed E-state index contributed by atoms with van der Waals surface area (Å²) in [6.45, 7) is 7.76. The van der Waals surface area contributed by atoms with Crippen molar-refractivity contribution in [3.8, 4) is 11.5 Å². The monoisotopic (exact) mass is 565 g/mol. The van der Waals surface area contributed by atoms with Gasteiger partial charge in [0.2, 0.25) is 6.79 Å². The van der Waals surface area contributed by atoms with Crippen LogP contribution in [0.3, 0.4) is 0 Å². The van der Waals surface area contributed by atoms with Gasteiger partial charge in [-0.25, -0.2) is 0 Å². The van der Waals surface area contributed by atoms with Crippen LogP contribution in [-0.4, -0.2) is 70.5 Å². The van der Waals surface area contributed by atoms with Crippen LogP contribution in [0.25, 0.3) is 0 Å². The molecule has 180 valence electrons. The molecule has 33 heavy (non-hydrogen) atoms. The van der Waals surface area contributed by atoms with E-state index in [-0.39, 0.29) is 24.0 Å². The second kappa shape index (κ2) is 13.5. The largest absolute Gasteiger partial charge is 0.454 e. The summed E-state index contributed by atoms with van der Waals surface area (Å²) in [4.78, 5) is 9.40. The summed E-state index contributed by atoms with van der Waals surface area (Å²) in [6, 6.07) is 16.9. The van der Waals surface area contributed by atoms with Crippen LogP contribution in [0.1, 0.15) is 18.4 Å². The minimum absolute atomic E-state index is 0. The fraction of sp³-hybridized carbons (Fsp3) is 0.480. The molecule has 2 heterocycles. The van der Waals surface area contributed by atoms with Gasteiger partial charge in [-0.3, -0.25) is 9.89 Å². The molecule has 0 aromatic heterocycles. The summed E-state index contributed by atoms with van der Waals surface area (Å²) in [5.41, 5.74) is 2.57. The van der Waals surface area contributed by atoms with Gasteiger partial charge in [-0.05, 0) is 55.6 Å². The maximum absolute atomic E-state index is 5.45. The maximum atomic E-state index is 5.45. The minimum Gasteiger partial charge on any atom is -0.454 e. The molecule has 7 nitrogen and oxygen atoms in total. The van der Waals surface area contributed by atoms with E-state index in [9.17, 15) is 0 Å². The van der Waals surface area contributed by atoms with Crippen molar-refractivity contribution in [2.75, 3.05) is 64.6 Å². The number of benzene rings is 2. The normalized spacial score (nSPS) is 15.8. The van der Waals surface area contributed by atoms with Crippen LogP contribution in [0.2, 0.25) is 0 Å². The summed E-state index contributed by atoms with van der Waals surface area (Å²) in [7, 11) is 1.82. The molecule has 1 saturated heterocycles. The number of hydrogen-bond donors (Lipinski definition) is 2. The highest BCUT2D eigenvalue weighted by molar-refractivity contribution is 14.0. The Kier molecular flexibility index (Phi) is 10.4. The van der Waals surface area contributed by atoms with Crippen LogP contribution >= 0.6 is 24.0 Å². The second-order valence-electron chi connectivity index (χ2n) is 8.23. The fourth-order valence-corrected chi connectivity index (χ4v) is 4.18. The number of guanidine groups is 1. The predicted octanol–water partition coefficient (Wildman–Crippen LogP) is 3.34. The summed E-state index contributed by atoms with van der Waals surface area (Å²) >= 11 is 0. The molecule has 0 amide bonds. The quantitative estimate of drug-likeness (QED) is 0.211. The van der Waals surface area contributed by atoms with Crippen molar-refractivity contribution >= 4 is 35.6 Å². The maximum Gasteiger partial charge on any atom is 0.231 e. The summed E-state index contributed by atoms with van der Waals surface area (Å²) in [6.07, 6.45) is 3.25. The number of rotatable bonds is 9. The second-order valence-corrected chi connectivity index (χ2v) is 8.23. The Morgan fingerprint density at radius 3 is 2.45 bits per heavy atom. The lowest BCUT2D eigenvalue weighted by atomic mass is 10.1. The molecule has 2 aliphatic rings. The molecule has 0 bridgehead atoms. The van der Waals surface area contributed by atoms with E-state index in [4.69, 9.17) is 9.47 Å². The van der Waals surface area contributed by atoms with Crippen LogP contribution in [0.5, 0.6) is 11.5 Å². The molecule has 1 fully saturated rings. The van der Waals surface area contributed by atoms with E-state index < -0.39 is 0 Å². The molecule has 0 aliphatic carbocycles. The summed E-state index contributed by atoms with van der Waals surface area (Å²) in [5, 5.41) is 6.83. The molecular weight excluding hydrogens is 529 g/mol. The van der Waals surface area contributed by atoms with Crippen molar-refractivity contribution in [2.24, 2.45) is 4.99 Å². The smallest absolute Gasteiger partial charge is 0.231 e. The van der Waals surface area contributed by atoms with E-state index in [0.29, 0.717) is 6.79 Å². The van der Waals surface area contributed by atoms with Gasteiger partial charge < -0.3 is 25.0 Å². The Labute approximate surface area is 214 Å². The van der Waals surface area contributed by atoms with E-state index in [1.54, 1.807) is 0 Å². The average Bonchev–Trinajstić information content (AvgIpc) is 3.32. The number of para-hydroxylation sites is 1. The van der Waals surface area contributed by atoms with Crippen LogP contribution in [0.15, 0.2) is 53.5 Å². The van der Waals surface area contributed by atoms with E-state index in [0.717, 1.165) is 69.6 Å². The zero-order valence-corrected chi connectivity index (χ0v) is 21.8. The van der Waals surface area contributed by atoms with Crippen molar-refractivity contribution < 1.29 is 9.47 Å². The lowest BCUT2D eigenvalue weighted by Crippen LogP contribution is -2.46. The molecule has 2 aliphatic heterocycles. The first kappa shape index (κ1) is 25.4. The Bertz CT molecular complexity index is 872. The van der Waals surface area contributed by atoms with Crippen LogP contribution in [-0.2, 0) is 6.42 Å². The first-order chi connectivity index (χ1) is 15.8. The number of aliphatic imine (C=N–C) groups is 1. The predicted molar refractivity (Wildman–Crippen MR) is 145 cm³/mol. The zero-order chi connectivity index (χ0) is 22.0. The number of anilines is 1. The molecule has 8 heteroatoms. The highest BCUT2D eigenvalue weighted by Crippen LogP contribution is 2.32. The first-order valence-electron chi connectivity index (χ1n) is 11.7. The van der Waals surface area contributed by atoms with Crippen molar-refractivity contribution in [3.63, 3.8) is 0 Å². The highest BCUT2D eigenvalue weighted by Gasteiger charge is 2.16. The van der Waals surface area contributed by atoms with Crippen molar-refractivity contribution in [1.29, 1.82) is 0 Å². The number of nitrogens with zero attached hydrogens (tertiary/aromatic N) is 3. The SMILES string of the molecule is CN=C(NCCCCN1CCN(c2ccccc2)CC1)NCCc1ccc2c(c1)OCO2.I. The Balaban J connectivity index is 0.00000306. The number of hydrogen-bond acceptors (Lipinski definition) is 5. The molecule has 2 aromatic rings. The molecule has 2 N–H and O–H groups in total. The molecule has 0 radical (unpaired) electrons. The number of fused-ring (bicyclic) bond motifs is 1. The van der Waals surface area contributed by atoms with Gasteiger partial charge in [0.1, 0.15) is 0 Å². The van der Waals surface area contributed by atoms with Crippen molar-refractivity contribution in [1.82, 2.24) is 15.5 Å². The first-order valence-corrected chi connectivity index (χ1v) is 11.7. The Morgan fingerprint density at radius 2 is 1.67 bits per heavy atom. The van der Waals surface area contributed by atoms with E-state index in [1.807, 2.05) is 13.1 Å². The zero-order valence-electron chi connectivity index (χ0n) is 19.5. The third-order valence-electron chi connectivity index (χ3n) is 6.05. The lowest BCUT2D eigenvalue weighted by molar-refractivity contribution is 0.174. The third kappa shape index (κ3) is 7.67. The van der Waals surface area contributed by atoms with Gasteiger partial charge in [0.25, 0.3) is 0 Å². The van der Waals surface area contributed by atoms with Crippen molar-refractivity contribution in [2.45, 2.75) is 19.3 Å². The fourth-order valence-electron chi connectivity index (χ4n) is 4.18. The van der Waals surface area contributed by atoms with E-state index in [1.165, 1.54) is 24.2 Å². The van der Waals surface area contributed by atoms with E-state index in [2.05, 4.69) is 67.9 Å². The van der Waals surface area contributed by atoms with Gasteiger partial charge in [0, 0.05) is 52.0 Å². The standard InChI is InChI=1S/C25H35N5O2.HI/c1-26-25(28-13-11-21-9-10-23-24(19-21)32-20-31-23)27-12-5-6-14-29-15-17-30(18-16-29)22-7-3-2-4-8-22;/h2-4,7-10,19H,5-6,11-18,20H2,1H3,(H2,26,27,28);1H. The molecule has 0 saturated carbocycles. The van der Waals surface area contributed by atoms with Crippen LogP contribution in [0, 0.1) is 0 Å². The van der Waals surface area contributed by atoms with Gasteiger partial charge in [0.05, 0.1) is 0 Å². The highest BCUT2D eigenvalue weighted by atomic mass is 127. The van der Waals surface area contributed by atoms with Gasteiger partial charge >= 0.3 is 0 Å². The number of unbranched alkanes of at least 4 members (excludes halogenated alkanes) is 1. The lowest BCUT2D eigenvalue weighted by Gasteiger charge is -2.36. The van der Waals surface area contributed by atoms with Gasteiger partial charge in [-0.2, -0.15) is 0 Å². The molecule has 4 rings (SSSR count). The van der Waals surface area contributed by atoms with Gasteiger partial charge in [-0.15, -0.1) is 24.0 Å². The molecular formula is C25H36IN5O2. The third-order valence-corrected chi connectivity index (χ3v) is 6.05. The Hall–Kier alpha value is -2.20. The van der Waals surface area contributed by atoms with E-state index >= 15 is 0 Å². The van der Waals surface area contributed by atoms with Crippen LogP contribution < -0.4 is 25.0 Å². The summed E-state index contributed by atoms with van der Waals surface area (Å²) < 4.78 is 10.8. The minimum atomic E-state index is 0. The summed E-state index contributed by atoms with van der Waals surface area (Å²) in [5.74, 6) is 2.53. The molecule has 0 unspecified atom stereocenters. The number of nitrogens with one attached hydrogen (secondary N) is 2. The molecule has 2 aromatic carbocycles.